The number of carbonyl (C=O) groups excluding carboxylic acids is 1. The molecule has 0 bridgehead atoms. The molecule has 1 saturated heterocycles. The van der Waals surface area contributed by atoms with Gasteiger partial charge in [-0.25, -0.2) is 4.79 Å². The standard InChI is InChI=1S/C11H20N2O3/c1-2-10(14)13-9(11(15)16)7-8-3-5-12-6-4-8/h8-9,12H,2-7H2,1H3,(H,13,14)(H,15,16). The van der Waals surface area contributed by atoms with Crippen LogP contribution in [-0.2, 0) is 9.59 Å². The summed E-state index contributed by atoms with van der Waals surface area (Å²) in [4.78, 5) is 22.2. The highest BCUT2D eigenvalue weighted by atomic mass is 16.4. The summed E-state index contributed by atoms with van der Waals surface area (Å²) in [6.45, 7) is 3.61. The molecule has 0 aromatic heterocycles. The summed E-state index contributed by atoms with van der Waals surface area (Å²) in [5.41, 5.74) is 0. The molecule has 5 heteroatoms. The maximum Gasteiger partial charge on any atom is 0.326 e. The average molecular weight is 228 g/mol. The summed E-state index contributed by atoms with van der Waals surface area (Å²) in [6.07, 6.45) is 2.86. The van der Waals surface area contributed by atoms with Gasteiger partial charge in [-0.1, -0.05) is 6.92 Å². The minimum atomic E-state index is -0.930. The molecule has 0 aliphatic carbocycles. The zero-order chi connectivity index (χ0) is 12.0. The van der Waals surface area contributed by atoms with Crippen LogP contribution in [0.5, 0.6) is 0 Å². The highest BCUT2D eigenvalue weighted by Crippen LogP contribution is 2.18. The van der Waals surface area contributed by atoms with Crippen molar-refractivity contribution in [3.05, 3.63) is 0 Å². The summed E-state index contributed by atoms with van der Waals surface area (Å²) in [6, 6.07) is -0.726. The van der Waals surface area contributed by atoms with E-state index in [2.05, 4.69) is 10.6 Å². The van der Waals surface area contributed by atoms with Crippen LogP contribution >= 0.6 is 0 Å². The van der Waals surface area contributed by atoms with Gasteiger partial charge in [-0.05, 0) is 38.3 Å². The van der Waals surface area contributed by atoms with Gasteiger partial charge in [-0.2, -0.15) is 0 Å². The van der Waals surface area contributed by atoms with Crippen molar-refractivity contribution >= 4 is 11.9 Å². The van der Waals surface area contributed by atoms with Crippen LogP contribution in [-0.4, -0.2) is 36.1 Å². The van der Waals surface area contributed by atoms with Crippen LogP contribution < -0.4 is 10.6 Å². The summed E-state index contributed by atoms with van der Waals surface area (Å²) in [5.74, 6) is -0.721. The van der Waals surface area contributed by atoms with Gasteiger partial charge in [0.2, 0.25) is 5.91 Å². The summed E-state index contributed by atoms with van der Waals surface area (Å²) >= 11 is 0. The van der Waals surface area contributed by atoms with E-state index in [0.717, 1.165) is 25.9 Å². The first-order valence-corrected chi connectivity index (χ1v) is 5.86. The highest BCUT2D eigenvalue weighted by molar-refractivity contribution is 5.83. The fourth-order valence-corrected chi connectivity index (χ4v) is 1.97. The molecular weight excluding hydrogens is 208 g/mol. The number of amides is 1. The molecular formula is C11H20N2O3. The van der Waals surface area contributed by atoms with Crippen molar-refractivity contribution in [2.24, 2.45) is 5.92 Å². The van der Waals surface area contributed by atoms with Crippen molar-refractivity contribution in [2.45, 2.75) is 38.6 Å². The van der Waals surface area contributed by atoms with Gasteiger partial charge in [-0.15, -0.1) is 0 Å². The lowest BCUT2D eigenvalue weighted by Gasteiger charge is -2.25. The lowest BCUT2D eigenvalue weighted by atomic mass is 9.91. The molecule has 0 saturated carbocycles. The van der Waals surface area contributed by atoms with Crippen molar-refractivity contribution in [3.63, 3.8) is 0 Å². The molecule has 1 rings (SSSR count). The third-order valence-electron chi connectivity index (χ3n) is 2.98. The maximum absolute atomic E-state index is 11.2. The average Bonchev–Trinajstić information content (AvgIpc) is 2.29. The van der Waals surface area contributed by atoms with Crippen molar-refractivity contribution in [2.75, 3.05) is 13.1 Å². The zero-order valence-corrected chi connectivity index (χ0v) is 9.66. The van der Waals surface area contributed by atoms with E-state index in [1.54, 1.807) is 6.92 Å². The predicted molar refractivity (Wildman–Crippen MR) is 60.1 cm³/mol. The molecule has 5 nitrogen and oxygen atoms in total. The van der Waals surface area contributed by atoms with Crippen molar-refractivity contribution < 1.29 is 14.7 Å². The number of carboxylic acid groups (broad SMARTS) is 1. The Bertz CT molecular complexity index is 250. The van der Waals surface area contributed by atoms with E-state index in [1.165, 1.54) is 0 Å². The SMILES string of the molecule is CCC(=O)NC(CC1CCNCC1)C(=O)O. The molecule has 92 valence electrons. The van der Waals surface area contributed by atoms with Crippen molar-refractivity contribution in [1.29, 1.82) is 0 Å². The molecule has 0 aromatic rings. The molecule has 1 amide bonds. The van der Waals surface area contributed by atoms with Crippen LogP contribution in [0, 0.1) is 5.92 Å². The normalized spacial score (nSPS) is 19.1. The van der Waals surface area contributed by atoms with Gasteiger partial charge in [0.1, 0.15) is 6.04 Å². The third kappa shape index (κ3) is 4.18. The van der Waals surface area contributed by atoms with Gasteiger partial charge in [0.15, 0.2) is 0 Å². The quantitative estimate of drug-likeness (QED) is 0.634. The monoisotopic (exact) mass is 228 g/mol. The first-order chi connectivity index (χ1) is 7.63. The minimum absolute atomic E-state index is 0.193. The minimum Gasteiger partial charge on any atom is -0.480 e. The van der Waals surface area contributed by atoms with Gasteiger partial charge < -0.3 is 15.7 Å². The van der Waals surface area contributed by atoms with E-state index < -0.39 is 12.0 Å². The molecule has 1 aliphatic rings. The summed E-state index contributed by atoms with van der Waals surface area (Å²) in [7, 11) is 0. The second-order valence-electron chi connectivity index (χ2n) is 4.24. The third-order valence-corrected chi connectivity index (χ3v) is 2.98. The topological polar surface area (TPSA) is 78.4 Å². The Morgan fingerprint density at radius 1 is 1.44 bits per heavy atom. The molecule has 0 spiro atoms. The van der Waals surface area contributed by atoms with Gasteiger partial charge in [0.25, 0.3) is 0 Å². The lowest BCUT2D eigenvalue weighted by molar-refractivity contribution is -0.142. The molecule has 0 radical (unpaired) electrons. The number of carboxylic acids is 1. The molecule has 3 N–H and O–H groups in total. The Morgan fingerprint density at radius 3 is 2.56 bits per heavy atom. The molecule has 0 aromatic carbocycles. The predicted octanol–water partition coefficient (Wildman–Crippen LogP) is 0.355. The van der Waals surface area contributed by atoms with E-state index in [-0.39, 0.29) is 5.91 Å². The Hall–Kier alpha value is -1.10. The van der Waals surface area contributed by atoms with Crippen LogP contribution in [0.25, 0.3) is 0 Å². The van der Waals surface area contributed by atoms with Gasteiger partial charge in [-0.3, -0.25) is 4.79 Å². The molecule has 1 atom stereocenters. The Morgan fingerprint density at radius 2 is 2.06 bits per heavy atom. The number of carbonyl (C=O) groups is 2. The van der Waals surface area contributed by atoms with Crippen molar-refractivity contribution in [1.82, 2.24) is 10.6 Å². The van der Waals surface area contributed by atoms with Gasteiger partial charge >= 0.3 is 5.97 Å². The van der Waals surface area contributed by atoms with Gasteiger partial charge in [0.05, 0.1) is 0 Å². The summed E-state index contributed by atoms with van der Waals surface area (Å²) in [5, 5.41) is 14.8. The number of piperidine rings is 1. The number of aliphatic carboxylic acids is 1. The first-order valence-electron chi connectivity index (χ1n) is 5.86. The smallest absolute Gasteiger partial charge is 0.326 e. The van der Waals surface area contributed by atoms with Crippen molar-refractivity contribution in [3.8, 4) is 0 Å². The fourth-order valence-electron chi connectivity index (χ4n) is 1.97. The molecule has 1 aliphatic heterocycles. The molecule has 1 fully saturated rings. The molecule has 1 heterocycles. The fraction of sp³-hybridized carbons (Fsp3) is 0.818. The largest absolute Gasteiger partial charge is 0.480 e. The number of hydrogen-bond donors (Lipinski definition) is 3. The molecule has 1 unspecified atom stereocenters. The second kappa shape index (κ2) is 6.48. The maximum atomic E-state index is 11.2. The van der Waals surface area contributed by atoms with Crippen LogP contribution in [0.3, 0.4) is 0 Å². The van der Waals surface area contributed by atoms with E-state index in [1.807, 2.05) is 0 Å². The van der Waals surface area contributed by atoms with Crippen LogP contribution in [0.15, 0.2) is 0 Å². The zero-order valence-electron chi connectivity index (χ0n) is 9.66. The first kappa shape index (κ1) is 13.0. The Labute approximate surface area is 95.6 Å². The van der Waals surface area contributed by atoms with Crippen LogP contribution in [0.4, 0.5) is 0 Å². The molecule has 16 heavy (non-hydrogen) atoms. The van der Waals surface area contributed by atoms with E-state index in [4.69, 9.17) is 5.11 Å². The Balaban J connectivity index is 2.43. The highest BCUT2D eigenvalue weighted by Gasteiger charge is 2.24. The number of rotatable bonds is 5. The van der Waals surface area contributed by atoms with E-state index >= 15 is 0 Å². The number of nitrogens with one attached hydrogen (secondary N) is 2. The number of hydrogen-bond acceptors (Lipinski definition) is 3. The van der Waals surface area contributed by atoms with Crippen LogP contribution in [0.1, 0.15) is 32.6 Å². The summed E-state index contributed by atoms with van der Waals surface area (Å²) < 4.78 is 0. The lowest BCUT2D eigenvalue weighted by Crippen LogP contribution is -2.43. The second-order valence-corrected chi connectivity index (χ2v) is 4.24. The van der Waals surface area contributed by atoms with Gasteiger partial charge in [0, 0.05) is 6.42 Å². The van der Waals surface area contributed by atoms with E-state index in [9.17, 15) is 9.59 Å². The Kier molecular flexibility index (Phi) is 5.25. The van der Waals surface area contributed by atoms with E-state index in [0.29, 0.717) is 18.8 Å². The van der Waals surface area contributed by atoms with Crippen LogP contribution in [0.2, 0.25) is 0 Å².